The number of carbonyl (C=O) groups excluding carboxylic acids is 1. The largest absolute Gasteiger partial charge is 0.356 e. The van der Waals surface area contributed by atoms with Gasteiger partial charge in [-0.1, -0.05) is 25.5 Å². The van der Waals surface area contributed by atoms with Gasteiger partial charge in [-0.15, -0.1) is 0 Å². The number of anilines is 1. The van der Waals surface area contributed by atoms with E-state index in [1.165, 1.54) is 0 Å². The highest BCUT2D eigenvalue weighted by atomic mass is 16.1. The first-order valence-electron chi connectivity index (χ1n) is 7.22. The number of aromatic nitrogens is 2. The average Bonchev–Trinajstić information content (AvgIpc) is 2.78. The van der Waals surface area contributed by atoms with Crippen LogP contribution < -0.4 is 10.6 Å². The van der Waals surface area contributed by atoms with Gasteiger partial charge in [0.1, 0.15) is 6.54 Å². The van der Waals surface area contributed by atoms with Crippen LogP contribution in [0.1, 0.15) is 26.7 Å². The first-order valence-corrected chi connectivity index (χ1v) is 7.22. The number of hydrogen-bond acceptors (Lipinski definition) is 3. The molecule has 0 aliphatic heterocycles. The summed E-state index contributed by atoms with van der Waals surface area (Å²) in [6, 6.07) is 7.87. The van der Waals surface area contributed by atoms with Crippen LogP contribution in [0.4, 0.5) is 5.95 Å². The maximum absolute atomic E-state index is 12.0. The molecule has 0 fully saturated rings. The second-order valence-electron chi connectivity index (χ2n) is 4.74. The highest BCUT2D eigenvalue weighted by molar-refractivity contribution is 5.83. The Kier molecular flexibility index (Phi) is 4.98. The molecule has 0 spiro atoms. The molecule has 0 aliphatic carbocycles. The van der Waals surface area contributed by atoms with Gasteiger partial charge in [-0.3, -0.25) is 4.79 Å². The van der Waals surface area contributed by atoms with E-state index in [1.807, 2.05) is 35.8 Å². The number of hydrogen-bond donors (Lipinski definition) is 2. The van der Waals surface area contributed by atoms with Crippen molar-refractivity contribution in [3.05, 3.63) is 24.3 Å². The number of amides is 1. The van der Waals surface area contributed by atoms with Gasteiger partial charge in [-0.05, 0) is 25.5 Å². The Bertz CT molecular complexity index is 576. The highest BCUT2D eigenvalue weighted by Gasteiger charge is 2.12. The Hall–Kier alpha value is -2.04. The minimum absolute atomic E-state index is 0.0285. The number of fused-ring (bicyclic) bond motifs is 1. The number of benzene rings is 1. The number of nitrogens with one attached hydrogen (secondary N) is 2. The molecular weight excluding hydrogens is 252 g/mol. The molecule has 5 nitrogen and oxygen atoms in total. The Morgan fingerprint density at radius 2 is 2.10 bits per heavy atom. The molecule has 0 aliphatic rings. The van der Waals surface area contributed by atoms with Gasteiger partial charge < -0.3 is 15.2 Å². The Labute approximate surface area is 119 Å². The van der Waals surface area contributed by atoms with Crippen molar-refractivity contribution in [1.82, 2.24) is 14.9 Å². The lowest BCUT2D eigenvalue weighted by atomic mass is 10.3. The molecule has 0 radical (unpaired) electrons. The molecule has 0 bridgehead atoms. The predicted octanol–water partition coefficient (Wildman–Crippen LogP) is 2.38. The van der Waals surface area contributed by atoms with Gasteiger partial charge in [0.2, 0.25) is 11.9 Å². The van der Waals surface area contributed by atoms with E-state index >= 15 is 0 Å². The van der Waals surface area contributed by atoms with Gasteiger partial charge >= 0.3 is 0 Å². The number of rotatable bonds is 7. The van der Waals surface area contributed by atoms with Crippen molar-refractivity contribution in [1.29, 1.82) is 0 Å². The lowest BCUT2D eigenvalue weighted by molar-refractivity contribution is -0.121. The van der Waals surface area contributed by atoms with Gasteiger partial charge in [0.05, 0.1) is 11.0 Å². The number of unbranched alkanes of at least 4 members (excludes halogenated alkanes) is 1. The van der Waals surface area contributed by atoms with E-state index in [9.17, 15) is 4.79 Å². The normalized spacial score (nSPS) is 10.7. The molecule has 1 aromatic heterocycles. The maximum atomic E-state index is 12.0. The number of nitrogens with zero attached hydrogens (tertiary/aromatic N) is 2. The van der Waals surface area contributed by atoms with Crippen LogP contribution in [-0.2, 0) is 11.3 Å². The Morgan fingerprint density at radius 3 is 2.85 bits per heavy atom. The molecular formula is C15H22N4O. The fourth-order valence-electron chi connectivity index (χ4n) is 2.13. The highest BCUT2D eigenvalue weighted by Crippen LogP contribution is 2.19. The Balaban J connectivity index is 2.18. The number of para-hydroxylation sites is 2. The van der Waals surface area contributed by atoms with Crippen LogP contribution in [0.5, 0.6) is 0 Å². The summed E-state index contributed by atoms with van der Waals surface area (Å²) >= 11 is 0. The number of carbonyl (C=O) groups is 1. The molecule has 0 atom stereocenters. The fourth-order valence-corrected chi connectivity index (χ4v) is 2.13. The van der Waals surface area contributed by atoms with Crippen molar-refractivity contribution in [2.24, 2.45) is 0 Å². The van der Waals surface area contributed by atoms with Crippen LogP contribution >= 0.6 is 0 Å². The molecule has 1 amide bonds. The van der Waals surface area contributed by atoms with E-state index in [1.54, 1.807) is 0 Å². The molecule has 0 unspecified atom stereocenters. The molecule has 0 saturated heterocycles. The Morgan fingerprint density at radius 1 is 1.30 bits per heavy atom. The van der Waals surface area contributed by atoms with Gasteiger partial charge in [0.15, 0.2) is 0 Å². The molecule has 108 valence electrons. The molecule has 1 aromatic carbocycles. The maximum Gasteiger partial charge on any atom is 0.240 e. The van der Waals surface area contributed by atoms with Crippen molar-refractivity contribution in [2.45, 2.75) is 33.2 Å². The van der Waals surface area contributed by atoms with E-state index in [-0.39, 0.29) is 5.91 Å². The van der Waals surface area contributed by atoms with E-state index in [2.05, 4.69) is 22.5 Å². The van der Waals surface area contributed by atoms with Crippen LogP contribution in [-0.4, -0.2) is 28.5 Å². The summed E-state index contributed by atoms with van der Waals surface area (Å²) in [5.74, 6) is 0.778. The minimum Gasteiger partial charge on any atom is -0.356 e. The summed E-state index contributed by atoms with van der Waals surface area (Å²) in [5.41, 5.74) is 1.89. The SMILES string of the molecule is CCCCNC(=O)Cn1c(NCC)nc2ccccc21. The lowest BCUT2D eigenvalue weighted by Gasteiger charge is -2.10. The summed E-state index contributed by atoms with van der Waals surface area (Å²) < 4.78 is 1.93. The predicted molar refractivity (Wildman–Crippen MR) is 81.8 cm³/mol. The van der Waals surface area contributed by atoms with Gasteiger partial charge in [0.25, 0.3) is 0 Å². The second kappa shape index (κ2) is 6.93. The van der Waals surface area contributed by atoms with E-state index in [4.69, 9.17) is 0 Å². The minimum atomic E-state index is 0.0285. The third-order valence-electron chi connectivity index (χ3n) is 3.14. The smallest absolute Gasteiger partial charge is 0.240 e. The van der Waals surface area contributed by atoms with Crippen molar-refractivity contribution in [3.8, 4) is 0 Å². The third-order valence-corrected chi connectivity index (χ3v) is 3.14. The van der Waals surface area contributed by atoms with Crippen molar-refractivity contribution >= 4 is 22.9 Å². The topological polar surface area (TPSA) is 59.0 Å². The zero-order chi connectivity index (χ0) is 14.4. The average molecular weight is 274 g/mol. The third kappa shape index (κ3) is 3.29. The van der Waals surface area contributed by atoms with Crippen LogP contribution in [0.15, 0.2) is 24.3 Å². The molecule has 2 rings (SSSR count). The van der Waals surface area contributed by atoms with E-state index < -0.39 is 0 Å². The molecule has 20 heavy (non-hydrogen) atoms. The van der Waals surface area contributed by atoms with Crippen LogP contribution in [0.3, 0.4) is 0 Å². The van der Waals surface area contributed by atoms with Crippen molar-refractivity contribution in [3.63, 3.8) is 0 Å². The lowest BCUT2D eigenvalue weighted by Crippen LogP contribution is -2.28. The second-order valence-corrected chi connectivity index (χ2v) is 4.74. The molecule has 5 heteroatoms. The molecule has 1 heterocycles. The quantitative estimate of drug-likeness (QED) is 0.762. The van der Waals surface area contributed by atoms with Gasteiger partial charge in [-0.25, -0.2) is 4.98 Å². The van der Waals surface area contributed by atoms with Crippen molar-refractivity contribution < 1.29 is 4.79 Å². The standard InChI is InChI=1S/C15H22N4O/c1-3-5-10-17-14(20)11-19-13-9-7-6-8-12(13)18-15(19)16-4-2/h6-9H,3-5,10-11H2,1-2H3,(H,16,18)(H,17,20). The summed E-state index contributed by atoms with van der Waals surface area (Å²) in [6.45, 7) is 5.94. The first kappa shape index (κ1) is 14.4. The van der Waals surface area contributed by atoms with Gasteiger partial charge in [-0.2, -0.15) is 0 Å². The number of imidazole rings is 1. The molecule has 2 aromatic rings. The van der Waals surface area contributed by atoms with Crippen LogP contribution in [0.25, 0.3) is 11.0 Å². The summed E-state index contributed by atoms with van der Waals surface area (Å²) in [7, 11) is 0. The van der Waals surface area contributed by atoms with E-state index in [0.29, 0.717) is 6.54 Å². The van der Waals surface area contributed by atoms with Crippen LogP contribution in [0.2, 0.25) is 0 Å². The molecule has 2 N–H and O–H groups in total. The van der Waals surface area contributed by atoms with Crippen LogP contribution in [0, 0.1) is 0 Å². The monoisotopic (exact) mass is 274 g/mol. The summed E-state index contributed by atoms with van der Waals surface area (Å²) in [5, 5.41) is 6.15. The fraction of sp³-hybridized carbons (Fsp3) is 0.467. The summed E-state index contributed by atoms with van der Waals surface area (Å²) in [4.78, 5) is 16.5. The zero-order valence-electron chi connectivity index (χ0n) is 12.1. The van der Waals surface area contributed by atoms with E-state index in [0.717, 1.165) is 42.9 Å². The first-order chi connectivity index (χ1) is 9.76. The molecule has 0 saturated carbocycles. The van der Waals surface area contributed by atoms with Crippen molar-refractivity contribution in [2.75, 3.05) is 18.4 Å². The zero-order valence-corrected chi connectivity index (χ0v) is 12.1. The van der Waals surface area contributed by atoms with Gasteiger partial charge in [0, 0.05) is 13.1 Å². The summed E-state index contributed by atoms with van der Waals surface area (Å²) in [6.07, 6.45) is 2.09.